The highest BCUT2D eigenvalue weighted by molar-refractivity contribution is 7.98. The number of benzene rings is 2. The molecule has 0 heterocycles. The van der Waals surface area contributed by atoms with E-state index in [1.165, 1.54) is 22.9 Å². The summed E-state index contributed by atoms with van der Waals surface area (Å²) in [5, 5.41) is 3.71. The van der Waals surface area contributed by atoms with Gasteiger partial charge in [0.2, 0.25) is 5.75 Å². The Balaban J connectivity index is 1.89. The molecule has 178 valence electrons. The van der Waals surface area contributed by atoms with Crippen molar-refractivity contribution in [3.8, 4) is 28.4 Å². The molecule has 0 radical (unpaired) electrons. The van der Waals surface area contributed by atoms with Crippen molar-refractivity contribution in [2.24, 2.45) is 0 Å². The third-order valence-corrected chi connectivity index (χ3v) is 7.17. The van der Waals surface area contributed by atoms with Crippen molar-refractivity contribution in [2.45, 2.75) is 37.2 Å². The molecule has 3 aromatic rings. The van der Waals surface area contributed by atoms with Crippen molar-refractivity contribution in [2.75, 3.05) is 27.6 Å². The minimum absolute atomic E-state index is 0.000190. The Labute approximate surface area is 205 Å². The van der Waals surface area contributed by atoms with E-state index in [9.17, 15) is 4.79 Å². The molecule has 4 rings (SSSR count). The Bertz CT molecular complexity index is 1240. The van der Waals surface area contributed by atoms with Crippen LogP contribution in [0.4, 0.5) is 0 Å². The van der Waals surface area contributed by atoms with Crippen LogP contribution in [0.2, 0.25) is 0 Å². The van der Waals surface area contributed by atoms with Crippen molar-refractivity contribution in [1.29, 1.82) is 0 Å². The first-order chi connectivity index (χ1) is 16.5. The minimum Gasteiger partial charge on any atom is -0.493 e. The number of hydrogen-bond donors (Lipinski definition) is 1. The van der Waals surface area contributed by atoms with Gasteiger partial charge in [-0.05, 0) is 66.5 Å². The zero-order chi connectivity index (χ0) is 24.2. The zero-order valence-corrected chi connectivity index (χ0v) is 21.2. The Morgan fingerprint density at radius 1 is 0.971 bits per heavy atom. The summed E-state index contributed by atoms with van der Waals surface area (Å²) in [6.45, 7) is 2.80. The van der Waals surface area contributed by atoms with Crippen molar-refractivity contribution in [3.05, 3.63) is 81.0 Å². The van der Waals surface area contributed by atoms with Gasteiger partial charge in [0.25, 0.3) is 0 Å². The molecule has 0 aliphatic heterocycles. The largest absolute Gasteiger partial charge is 0.493 e. The first-order valence-electron chi connectivity index (χ1n) is 11.3. The number of rotatable bonds is 7. The number of fused-ring (bicyclic) bond motifs is 3. The maximum atomic E-state index is 13.1. The molecule has 0 amide bonds. The SMILES string of the molecule is COc1cc2c(c(OC)c1OC)-c1ccc(SC)c(=O)cc1[C@@H](NCc1ccc(C)cc1)CC2. The molecular weight excluding hydrogens is 446 g/mol. The summed E-state index contributed by atoms with van der Waals surface area (Å²) >= 11 is 1.46. The molecule has 0 saturated carbocycles. The van der Waals surface area contributed by atoms with Crippen LogP contribution in [0.5, 0.6) is 17.2 Å². The van der Waals surface area contributed by atoms with E-state index in [0.717, 1.165) is 35.1 Å². The highest BCUT2D eigenvalue weighted by Crippen LogP contribution is 2.50. The molecule has 1 aliphatic rings. The second kappa shape index (κ2) is 10.5. The second-order valence-electron chi connectivity index (χ2n) is 8.42. The third kappa shape index (κ3) is 4.65. The number of nitrogens with one attached hydrogen (secondary N) is 1. The molecular formula is C28H31NO4S. The van der Waals surface area contributed by atoms with Gasteiger partial charge in [-0.3, -0.25) is 4.79 Å². The normalized spacial score (nSPS) is 14.6. The maximum absolute atomic E-state index is 13.1. The maximum Gasteiger partial charge on any atom is 0.203 e. The van der Waals surface area contributed by atoms with Crippen LogP contribution >= 0.6 is 11.8 Å². The Morgan fingerprint density at radius 2 is 1.71 bits per heavy atom. The van der Waals surface area contributed by atoms with Crippen molar-refractivity contribution in [1.82, 2.24) is 5.32 Å². The number of aryl methyl sites for hydroxylation is 2. The monoisotopic (exact) mass is 477 g/mol. The molecule has 1 aliphatic carbocycles. The van der Waals surface area contributed by atoms with Gasteiger partial charge in [0.15, 0.2) is 16.9 Å². The van der Waals surface area contributed by atoms with E-state index < -0.39 is 0 Å². The fraction of sp³-hybridized carbons (Fsp3) is 0.321. The van der Waals surface area contributed by atoms with Gasteiger partial charge in [0.05, 0.1) is 26.2 Å². The van der Waals surface area contributed by atoms with Crippen molar-refractivity contribution < 1.29 is 14.2 Å². The van der Waals surface area contributed by atoms with Crippen LogP contribution in [0.15, 0.2) is 58.2 Å². The van der Waals surface area contributed by atoms with E-state index in [4.69, 9.17) is 14.2 Å². The lowest BCUT2D eigenvalue weighted by molar-refractivity contribution is 0.324. The zero-order valence-electron chi connectivity index (χ0n) is 20.4. The van der Waals surface area contributed by atoms with Gasteiger partial charge < -0.3 is 19.5 Å². The van der Waals surface area contributed by atoms with Crippen molar-refractivity contribution >= 4 is 11.8 Å². The quantitative estimate of drug-likeness (QED) is 0.451. The van der Waals surface area contributed by atoms with Crippen LogP contribution in [0.3, 0.4) is 0 Å². The summed E-state index contributed by atoms with van der Waals surface area (Å²) in [6.07, 6.45) is 3.57. The van der Waals surface area contributed by atoms with E-state index in [-0.39, 0.29) is 11.5 Å². The first kappa shape index (κ1) is 24.2. The Morgan fingerprint density at radius 3 is 2.35 bits per heavy atom. The fourth-order valence-corrected chi connectivity index (χ4v) is 5.09. The summed E-state index contributed by atoms with van der Waals surface area (Å²) in [7, 11) is 4.89. The molecule has 3 aromatic carbocycles. The number of thioether (sulfide) groups is 1. The molecule has 5 nitrogen and oxygen atoms in total. The highest BCUT2D eigenvalue weighted by atomic mass is 32.2. The van der Waals surface area contributed by atoms with Crippen LogP contribution in [0, 0.1) is 6.92 Å². The summed E-state index contributed by atoms with van der Waals surface area (Å²) < 4.78 is 17.2. The molecule has 0 saturated heterocycles. The molecule has 1 N–H and O–H groups in total. The molecule has 6 heteroatoms. The second-order valence-corrected chi connectivity index (χ2v) is 9.26. The average Bonchev–Trinajstić information content (AvgIpc) is 3.10. The molecule has 0 fully saturated rings. The van der Waals surface area contributed by atoms with Gasteiger partial charge in [0.1, 0.15) is 0 Å². The lowest BCUT2D eigenvalue weighted by Gasteiger charge is -2.20. The van der Waals surface area contributed by atoms with E-state index >= 15 is 0 Å². The minimum atomic E-state index is 0.000190. The van der Waals surface area contributed by atoms with Gasteiger partial charge in [-0.25, -0.2) is 0 Å². The van der Waals surface area contributed by atoms with Crippen LogP contribution in [0.25, 0.3) is 11.1 Å². The van der Waals surface area contributed by atoms with Gasteiger partial charge >= 0.3 is 0 Å². The molecule has 34 heavy (non-hydrogen) atoms. The lowest BCUT2D eigenvalue weighted by Crippen LogP contribution is -2.22. The van der Waals surface area contributed by atoms with Gasteiger partial charge in [-0.15, -0.1) is 11.8 Å². The average molecular weight is 478 g/mol. The molecule has 0 bridgehead atoms. The van der Waals surface area contributed by atoms with Crippen LogP contribution in [-0.4, -0.2) is 27.6 Å². The van der Waals surface area contributed by atoms with Crippen LogP contribution < -0.4 is 25.0 Å². The third-order valence-electron chi connectivity index (χ3n) is 6.39. The van der Waals surface area contributed by atoms with Crippen molar-refractivity contribution in [3.63, 3.8) is 0 Å². The Hall–Kier alpha value is -2.96. The van der Waals surface area contributed by atoms with Gasteiger partial charge in [-0.2, -0.15) is 0 Å². The summed E-state index contributed by atoms with van der Waals surface area (Å²) in [5.41, 5.74) is 6.49. The van der Waals surface area contributed by atoms with Crippen LogP contribution in [-0.2, 0) is 13.0 Å². The first-order valence-corrected chi connectivity index (χ1v) is 12.6. The summed E-state index contributed by atoms with van der Waals surface area (Å²) in [5.74, 6) is 1.82. The molecule has 0 aromatic heterocycles. The number of ether oxygens (including phenoxy) is 3. The number of hydrogen-bond acceptors (Lipinski definition) is 6. The standard InChI is InChI=1S/C28H31NO4S/c1-17-6-8-18(9-7-17)16-29-22-12-10-19-14-24(31-2)27(32-3)28(33-4)26(19)20-11-13-25(34-5)23(30)15-21(20)22/h6-9,11,13-15,22,29H,10,12,16H2,1-5H3/t22-/m0/s1. The highest BCUT2D eigenvalue weighted by Gasteiger charge is 2.28. The predicted molar refractivity (Wildman–Crippen MR) is 139 cm³/mol. The number of methoxy groups -OCH3 is 3. The van der Waals surface area contributed by atoms with Crippen LogP contribution in [0.1, 0.15) is 34.7 Å². The molecule has 1 atom stereocenters. The van der Waals surface area contributed by atoms with E-state index in [1.54, 1.807) is 27.4 Å². The Kier molecular flexibility index (Phi) is 7.49. The van der Waals surface area contributed by atoms with Gasteiger partial charge in [0, 0.05) is 18.2 Å². The smallest absolute Gasteiger partial charge is 0.203 e. The predicted octanol–water partition coefficient (Wildman–Crippen LogP) is 5.55. The summed E-state index contributed by atoms with van der Waals surface area (Å²) in [4.78, 5) is 13.8. The van der Waals surface area contributed by atoms with E-state index in [0.29, 0.717) is 28.7 Å². The molecule has 0 spiro atoms. The lowest BCUT2D eigenvalue weighted by atomic mass is 9.95. The van der Waals surface area contributed by atoms with E-state index in [1.807, 2.05) is 24.5 Å². The van der Waals surface area contributed by atoms with Gasteiger partial charge in [-0.1, -0.05) is 35.9 Å². The molecule has 0 unspecified atom stereocenters. The summed E-state index contributed by atoms with van der Waals surface area (Å²) in [6, 6.07) is 16.3. The fourth-order valence-electron chi connectivity index (χ4n) is 4.63. The van der Waals surface area contributed by atoms with E-state index in [2.05, 4.69) is 36.5 Å². The topological polar surface area (TPSA) is 56.8 Å².